The van der Waals surface area contributed by atoms with Gasteiger partial charge < -0.3 is 20.8 Å². The highest BCUT2D eigenvalue weighted by Gasteiger charge is 2.62. The summed E-state index contributed by atoms with van der Waals surface area (Å²) >= 11 is 1.06. The van der Waals surface area contributed by atoms with Crippen molar-refractivity contribution >= 4 is 45.8 Å². The molecule has 1 aliphatic carbocycles. The third kappa shape index (κ3) is 3.98. The van der Waals surface area contributed by atoms with E-state index in [1.54, 1.807) is 13.8 Å². The van der Waals surface area contributed by atoms with Crippen molar-refractivity contribution < 1.29 is 39.1 Å². The van der Waals surface area contributed by atoms with Gasteiger partial charge in [-0.05, 0) is 26.7 Å². The average molecular weight is 440 g/mol. The summed E-state index contributed by atoms with van der Waals surface area (Å²) in [7, 11) is 0. The minimum atomic E-state index is -1.39. The van der Waals surface area contributed by atoms with Crippen LogP contribution in [0.2, 0.25) is 0 Å². The molecule has 1 atom stereocenters. The van der Waals surface area contributed by atoms with E-state index in [0.29, 0.717) is 12.8 Å². The summed E-state index contributed by atoms with van der Waals surface area (Å²) in [5.41, 5.74) is 3.11. The third-order valence-electron chi connectivity index (χ3n) is 5.00. The summed E-state index contributed by atoms with van der Waals surface area (Å²) in [6.45, 7) is 2.55. The maximum absolute atomic E-state index is 12.8. The Labute approximate surface area is 174 Å². The van der Waals surface area contributed by atoms with Gasteiger partial charge in [-0.1, -0.05) is 5.16 Å². The van der Waals surface area contributed by atoms with Gasteiger partial charge in [0.05, 0.1) is 11.5 Å². The van der Waals surface area contributed by atoms with Gasteiger partial charge in [-0.2, -0.15) is 0 Å². The summed E-state index contributed by atoms with van der Waals surface area (Å²) in [5, 5.41) is 24.2. The fourth-order valence-corrected chi connectivity index (χ4v) is 3.55. The van der Waals surface area contributed by atoms with Gasteiger partial charge in [-0.15, -0.1) is 11.3 Å². The van der Waals surface area contributed by atoms with Crippen LogP contribution in [0.25, 0.3) is 0 Å². The minimum Gasteiger partial charge on any atom is -0.479 e. The lowest BCUT2D eigenvalue weighted by molar-refractivity contribution is -0.291. The second-order valence-electron chi connectivity index (χ2n) is 7.53. The number of carboxylic acid groups (broad SMARTS) is 2. The molecule has 4 N–H and O–H groups in total. The van der Waals surface area contributed by atoms with Crippen LogP contribution in [0.15, 0.2) is 10.5 Å². The summed E-state index contributed by atoms with van der Waals surface area (Å²) in [6, 6.07) is 0. The van der Waals surface area contributed by atoms with Gasteiger partial charge in [0.15, 0.2) is 22.2 Å². The average Bonchev–Trinajstić information content (AvgIpc) is 3.34. The van der Waals surface area contributed by atoms with E-state index >= 15 is 0 Å². The number of carbonyl (C=O) groups excluding carboxylic acids is 2. The number of Topliss-reactive ketones (excluding diaryl/α,β-unsaturated/α-hetero) is 1. The standard InChI is InChI=1S/C17H20N4O8S/c1-16(2)8(13(25)21(16)29-17(3-4-17)14(26)27)5-10(22)12(20-28-6-11(23)24)9-7-30-15(18)19-9/h7-8H,3-6H2,1-2H3,(H2,18,19)(H,23,24)(H,26,27)/b20-12-/t8-/m1/s1. The quantitative estimate of drug-likeness (QED) is 0.259. The fourth-order valence-electron chi connectivity index (χ4n) is 3.01. The minimum absolute atomic E-state index is 0.105. The van der Waals surface area contributed by atoms with Crippen molar-refractivity contribution in [2.45, 2.75) is 44.2 Å². The molecule has 1 aromatic heterocycles. The Morgan fingerprint density at radius 3 is 2.50 bits per heavy atom. The SMILES string of the molecule is CC1(C)[C@H](CC(=O)/C(=N\OCC(=O)O)c2csc(N)n2)C(=O)N1OC1(C(=O)O)CC1. The smallest absolute Gasteiger partial charge is 0.344 e. The molecule has 162 valence electrons. The van der Waals surface area contributed by atoms with Gasteiger partial charge in [-0.25, -0.2) is 19.6 Å². The Kier molecular flexibility index (Phi) is 5.52. The Morgan fingerprint density at radius 2 is 2.03 bits per heavy atom. The lowest BCUT2D eigenvalue weighted by Gasteiger charge is -2.52. The van der Waals surface area contributed by atoms with Crippen LogP contribution in [0.1, 0.15) is 38.8 Å². The van der Waals surface area contributed by atoms with Crippen molar-refractivity contribution in [2.75, 3.05) is 12.3 Å². The molecule has 30 heavy (non-hydrogen) atoms. The van der Waals surface area contributed by atoms with Crippen LogP contribution in [0, 0.1) is 5.92 Å². The number of aliphatic carboxylic acids is 2. The van der Waals surface area contributed by atoms with Gasteiger partial charge in [0.25, 0.3) is 5.91 Å². The van der Waals surface area contributed by atoms with E-state index in [4.69, 9.17) is 15.7 Å². The van der Waals surface area contributed by atoms with Crippen molar-refractivity contribution in [3.8, 4) is 0 Å². The van der Waals surface area contributed by atoms with Gasteiger partial charge in [0.1, 0.15) is 5.69 Å². The number of hydroxylamine groups is 2. The molecule has 1 saturated heterocycles. The number of ketones is 1. The molecule has 12 nitrogen and oxygen atoms in total. The molecule has 1 aromatic rings. The highest BCUT2D eigenvalue weighted by molar-refractivity contribution is 7.13. The molecule has 1 saturated carbocycles. The number of nitrogens with zero attached hydrogens (tertiary/aromatic N) is 3. The molecule has 2 heterocycles. The summed E-state index contributed by atoms with van der Waals surface area (Å²) in [6.07, 6.45) is 0.321. The number of anilines is 1. The van der Waals surface area contributed by atoms with Crippen LogP contribution in [0.3, 0.4) is 0 Å². The summed E-state index contributed by atoms with van der Waals surface area (Å²) in [4.78, 5) is 61.5. The summed E-state index contributed by atoms with van der Waals surface area (Å²) in [5.74, 6) is -4.34. The van der Waals surface area contributed by atoms with Gasteiger partial charge in [0.2, 0.25) is 6.61 Å². The number of hydrogen-bond acceptors (Lipinski definition) is 10. The Bertz CT molecular complexity index is 936. The number of amides is 1. The number of carboxylic acids is 2. The van der Waals surface area contributed by atoms with Crippen LogP contribution in [-0.2, 0) is 28.9 Å². The molecule has 13 heteroatoms. The Balaban J connectivity index is 1.73. The molecule has 0 spiro atoms. The van der Waals surface area contributed by atoms with Crippen LogP contribution < -0.4 is 5.73 Å². The van der Waals surface area contributed by atoms with E-state index in [1.165, 1.54) is 5.38 Å². The zero-order valence-corrected chi connectivity index (χ0v) is 17.0. The molecule has 2 fully saturated rings. The molecular formula is C17H20N4O8S. The molecule has 1 amide bonds. The first-order valence-electron chi connectivity index (χ1n) is 8.91. The second kappa shape index (κ2) is 7.65. The van der Waals surface area contributed by atoms with E-state index in [0.717, 1.165) is 16.4 Å². The predicted molar refractivity (Wildman–Crippen MR) is 101 cm³/mol. The number of carbonyl (C=O) groups is 4. The first-order valence-corrected chi connectivity index (χ1v) is 9.79. The van der Waals surface area contributed by atoms with Crippen LogP contribution in [0.5, 0.6) is 0 Å². The molecule has 3 rings (SSSR count). The van der Waals surface area contributed by atoms with Crippen molar-refractivity contribution in [2.24, 2.45) is 11.1 Å². The molecule has 0 unspecified atom stereocenters. The first-order chi connectivity index (χ1) is 14.0. The Morgan fingerprint density at radius 1 is 1.37 bits per heavy atom. The maximum atomic E-state index is 12.8. The molecule has 0 bridgehead atoms. The van der Waals surface area contributed by atoms with Crippen LogP contribution in [-0.4, -0.2) is 67.3 Å². The molecule has 0 aromatic carbocycles. The first kappa shape index (κ1) is 21.6. The molecule has 0 radical (unpaired) electrons. The molecule has 2 aliphatic rings. The monoisotopic (exact) mass is 440 g/mol. The number of hydrogen-bond donors (Lipinski definition) is 3. The van der Waals surface area contributed by atoms with Crippen molar-refractivity contribution in [1.82, 2.24) is 10.0 Å². The lowest BCUT2D eigenvalue weighted by atomic mass is 9.74. The van der Waals surface area contributed by atoms with Gasteiger partial charge in [0, 0.05) is 11.8 Å². The van der Waals surface area contributed by atoms with Gasteiger partial charge in [-0.3, -0.25) is 14.4 Å². The topological polar surface area (TPSA) is 182 Å². The van der Waals surface area contributed by atoms with Crippen LogP contribution >= 0.6 is 11.3 Å². The predicted octanol–water partition coefficient (Wildman–Crippen LogP) is 0.276. The van der Waals surface area contributed by atoms with E-state index in [-0.39, 0.29) is 23.0 Å². The number of thiazole rings is 1. The highest BCUT2D eigenvalue weighted by Crippen LogP contribution is 2.47. The molecular weight excluding hydrogens is 420 g/mol. The number of oxime groups is 1. The number of β-lactam (4-membered cyclic amide) rings is 1. The molecule has 1 aliphatic heterocycles. The lowest BCUT2D eigenvalue weighted by Crippen LogP contribution is -2.69. The third-order valence-corrected chi connectivity index (χ3v) is 5.67. The normalized spacial score (nSPS) is 21.7. The van der Waals surface area contributed by atoms with Crippen molar-refractivity contribution in [1.29, 1.82) is 0 Å². The van der Waals surface area contributed by atoms with Crippen LogP contribution in [0.4, 0.5) is 5.13 Å². The zero-order valence-electron chi connectivity index (χ0n) is 16.2. The number of nitrogens with two attached hydrogens (primary N) is 1. The Hall–Kier alpha value is -3.06. The maximum Gasteiger partial charge on any atom is 0.344 e. The number of rotatable bonds is 10. The zero-order chi connectivity index (χ0) is 22.3. The summed E-state index contributed by atoms with van der Waals surface area (Å²) < 4.78 is 0. The second-order valence-corrected chi connectivity index (χ2v) is 8.42. The fraction of sp³-hybridized carbons (Fsp3) is 0.529. The highest BCUT2D eigenvalue weighted by atomic mass is 32.1. The van der Waals surface area contributed by atoms with Gasteiger partial charge >= 0.3 is 11.9 Å². The van der Waals surface area contributed by atoms with Crippen molar-refractivity contribution in [3.05, 3.63) is 11.1 Å². The number of aromatic nitrogens is 1. The number of nitrogen functional groups attached to an aromatic ring is 1. The largest absolute Gasteiger partial charge is 0.479 e. The van der Waals surface area contributed by atoms with E-state index in [9.17, 15) is 24.3 Å². The van der Waals surface area contributed by atoms with E-state index in [1.807, 2.05) is 0 Å². The van der Waals surface area contributed by atoms with Crippen molar-refractivity contribution in [3.63, 3.8) is 0 Å². The van der Waals surface area contributed by atoms with E-state index < -0.39 is 47.3 Å². The van der Waals surface area contributed by atoms with E-state index in [2.05, 4.69) is 15.0 Å².